The number of thiocarbonyl (C=S) groups is 1. The van der Waals surface area contributed by atoms with Crippen molar-refractivity contribution in [3.63, 3.8) is 0 Å². The molecule has 5 heteroatoms. The Morgan fingerprint density at radius 2 is 1.57 bits per heavy atom. The van der Waals surface area contributed by atoms with Gasteiger partial charge in [0.05, 0.1) is 0 Å². The number of ketones is 1. The van der Waals surface area contributed by atoms with E-state index in [9.17, 15) is 4.79 Å². The molecule has 0 saturated carbocycles. The molecule has 0 aliphatic heterocycles. The van der Waals surface area contributed by atoms with Crippen molar-refractivity contribution in [2.24, 2.45) is 5.10 Å². The molecule has 0 radical (unpaired) electrons. The van der Waals surface area contributed by atoms with Crippen molar-refractivity contribution < 1.29 is 4.79 Å². The molecule has 0 aliphatic carbocycles. The fourth-order valence-electron chi connectivity index (χ4n) is 2.02. The number of carbonyl (C=O) groups excluding carboxylic acids is 1. The predicted molar refractivity (Wildman–Crippen MR) is 97.8 cm³/mol. The molecular weight excluding hydrogens is 306 g/mol. The molecule has 0 bridgehead atoms. The Labute approximate surface area is 141 Å². The predicted octanol–water partition coefficient (Wildman–Crippen LogP) is 3.10. The lowest BCUT2D eigenvalue weighted by Gasteiger charge is -2.17. The van der Waals surface area contributed by atoms with Gasteiger partial charge in [-0.15, -0.1) is 0 Å². The van der Waals surface area contributed by atoms with Gasteiger partial charge in [0.25, 0.3) is 0 Å². The fraction of sp³-hybridized carbons (Fsp3) is 0.167. The Morgan fingerprint density at radius 3 is 2.09 bits per heavy atom. The number of nitrogens with one attached hydrogen (secondary N) is 1. The van der Waals surface area contributed by atoms with Crippen LogP contribution in [0.1, 0.15) is 22.8 Å². The molecule has 0 fully saturated rings. The lowest BCUT2D eigenvalue weighted by atomic mass is 10.0. The Hall–Kier alpha value is -2.53. The van der Waals surface area contributed by atoms with Crippen LogP contribution in [-0.2, 0) is 0 Å². The third-order valence-corrected chi connectivity index (χ3v) is 3.58. The van der Waals surface area contributed by atoms with Gasteiger partial charge in [0.1, 0.15) is 5.71 Å². The van der Waals surface area contributed by atoms with Crippen molar-refractivity contribution in [1.29, 1.82) is 0 Å². The smallest absolute Gasteiger partial charge is 0.213 e. The van der Waals surface area contributed by atoms with Gasteiger partial charge in [-0.25, -0.2) is 5.01 Å². The third kappa shape index (κ3) is 4.47. The highest BCUT2D eigenvalue weighted by molar-refractivity contribution is 7.80. The number of hydrazone groups is 1. The zero-order valence-electron chi connectivity index (χ0n) is 13.2. The van der Waals surface area contributed by atoms with E-state index in [1.807, 2.05) is 55.5 Å². The zero-order valence-corrected chi connectivity index (χ0v) is 14.0. The van der Waals surface area contributed by atoms with Gasteiger partial charge in [0.2, 0.25) is 5.78 Å². The van der Waals surface area contributed by atoms with Gasteiger partial charge >= 0.3 is 0 Å². The summed E-state index contributed by atoms with van der Waals surface area (Å²) in [5.74, 6) is -0.136. The highest BCUT2D eigenvalue weighted by Crippen LogP contribution is 2.10. The van der Waals surface area contributed by atoms with E-state index < -0.39 is 0 Å². The number of carbonyl (C=O) groups is 1. The van der Waals surface area contributed by atoms with Crippen molar-refractivity contribution in [3.05, 3.63) is 71.8 Å². The van der Waals surface area contributed by atoms with E-state index >= 15 is 0 Å². The van der Waals surface area contributed by atoms with Gasteiger partial charge < -0.3 is 5.32 Å². The summed E-state index contributed by atoms with van der Waals surface area (Å²) in [6.45, 7) is 2.66. The molecule has 0 spiro atoms. The van der Waals surface area contributed by atoms with Crippen LogP contribution in [0.5, 0.6) is 0 Å². The highest BCUT2D eigenvalue weighted by Gasteiger charge is 2.17. The van der Waals surface area contributed by atoms with Crippen molar-refractivity contribution >= 4 is 28.8 Å². The van der Waals surface area contributed by atoms with E-state index in [0.29, 0.717) is 22.9 Å². The molecule has 4 nitrogen and oxygen atoms in total. The number of Topliss-reactive ketones (excluding diaryl/α,β-unsaturated/α-hetero) is 1. The Bertz CT molecular complexity index is 699. The molecule has 2 aromatic rings. The largest absolute Gasteiger partial charge is 0.361 e. The van der Waals surface area contributed by atoms with Gasteiger partial charge in [-0.3, -0.25) is 4.79 Å². The van der Waals surface area contributed by atoms with E-state index in [4.69, 9.17) is 12.2 Å². The molecular formula is C18H19N3OS. The minimum absolute atomic E-state index is 0.136. The van der Waals surface area contributed by atoms with Crippen LogP contribution in [0, 0.1) is 0 Å². The first-order valence-electron chi connectivity index (χ1n) is 7.38. The van der Waals surface area contributed by atoms with Crippen LogP contribution < -0.4 is 5.32 Å². The van der Waals surface area contributed by atoms with Crippen LogP contribution >= 0.6 is 12.2 Å². The van der Waals surface area contributed by atoms with Crippen LogP contribution in [-0.4, -0.2) is 35.2 Å². The van der Waals surface area contributed by atoms with E-state index in [0.717, 1.165) is 5.56 Å². The maximum absolute atomic E-state index is 12.8. The molecule has 0 aromatic heterocycles. The van der Waals surface area contributed by atoms with E-state index in [1.54, 1.807) is 19.2 Å². The van der Waals surface area contributed by atoms with Gasteiger partial charge in [0.15, 0.2) is 5.11 Å². The first-order valence-corrected chi connectivity index (χ1v) is 7.79. The topological polar surface area (TPSA) is 44.7 Å². The Balaban J connectivity index is 2.41. The second-order valence-corrected chi connectivity index (χ2v) is 5.26. The lowest BCUT2D eigenvalue weighted by molar-refractivity contribution is 0.106. The van der Waals surface area contributed by atoms with Crippen LogP contribution in [0.3, 0.4) is 0 Å². The third-order valence-electron chi connectivity index (χ3n) is 3.17. The molecule has 23 heavy (non-hydrogen) atoms. The minimum Gasteiger partial charge on any atom is -0.361 e. The summed E-state index contributed by atoms with van der Waals surface area (Å²) in [6, 6.07) is 18.5. The molecule has 0 amide bonds. The Kier molecular flexibility index (Phi) is 6.00. The second-order valence-electron chi connectivity index (χ2n) is 4.87. The maximum Gasteiger partial charge on any atom is 0.213 e. The van der Waals surface area contributed by atoms with Crippen LogP contribution in [0.2, 0.25) is 0 Å². The van der Waals surface area contributed by atoms with Crippen molar-refractivity contribution in [1.82, 2.24) is 10.3 Å². The lowest BCUT2D eigenvalue weighted by Crippen LogP contribution is -2.35. The molecule has 0 atom stereocenters. The number of nitrogens with zero attached hydrogens (tertiary/aromatic N) is 2. The van der Waals surface area contributed by atoms with Crippen molar-refractivity contribution in [2.75, 3.05) is 13.6 Å². The molecule has 0 saturated heterocycles. The summed E-state index contributed by atoms with van der Waals surface area (Å²) in [6.07, 6.45) is 0. The normalized spacial score (nSPS) is 11.0. The summed E-state index contributed by atoms with van der Waals surface area (Å²) in [4.78, 5) is 12.8. The number of hydrogen-bond acceptors (Lipinski definition) is 3. The number of rotatable bonds is 5. The van der Waals surface area contributed by atoms with E-state index in [1.165, 1.54) is 5.01 Å². The SMILES string of the molecule is CCNC(=S)N(C)/N=C(/C(=O)c1ccccc1)c1ccccc1. The van der Waals surface area contributed by atoms with E-state index in [-0.39, 0.29) is 5.78 Å². The summed E-state index contributed by atoms with van der Waals surface area (Å²) in [7, 11) is 1.73. The van der Waals surface area contributed by atoms with Crippen LogP contribution in [0.15, 0.2) is 65.8 Å². The zero-order chi connectivity index (χ0) is 16.7. The summed E-state index contributed by atoms with van der Waals surface area (Å²) < 4.78 is 0. The van der Waals surface area contributed by atoms with Gasteiger partial charge in [-0.1, -0.05) is 60.7 Å². The maximum atomic E-state index is 12.8. The molecule has 0 aliphatic rings. The highest BCUT2D eigenvalue weighted by atomic mass is 32.1. The number of hydrogen-bond donors (Lipinski definition) is 1. The van der Waals surface area contributed by atoms with Crippen LogP contribution in [0.25, 0.3) is 0 Å². The van der Waals surface area contributed by atoms with Gasteiger partial charge in [-0.05, 0) is 19.1 Å². The summed E-state index contributed by atoms with van der Waals surface area (Å²) in [5, 5.41) is 9.45. The first kappa shape index (κ1) is 16.8. The Morgan fingerprint density at radius 1 is 1.04 bits per heavy atom. The molecule has 118 valence electrons. The summed E-state index contributed by atoms with van der Waals surface area (Å²) in [5.41, 5.74) is 1.71. The number of benzene rings is 2. The standard InChI is InChI=1S/C18H19N3OS/c1-3-19-18(23)21(2)20-16(14-10-6-4-7-11-14)17(22)15-12-8-5-9-13-15/h4-13H,3H2,1-2H3,(H,19,23)/b20-16+. The van der Waals surface area contributed by atoms with Gasteiger partial charge in [-0.2, -0.15) is 5.10 Å². The molecule has 1 N–H and O–H groups in total. The molecule has 2 rings (SSSR count). The fourth-order valence-corrected chi connectivity index (χ4v) is 2.20. The minimum atomic E-state index is -0.136. The molecule has 0 heterocycles. The molecule has 2 aromatic carbocycles. The van der Waals surface area contributed by atoms with E-state index in [2.05, 4.69) is 10.4 Å². The monoisotopic (exact) mass is 325 g/mol. The van der Waals surface area contributed by atoms with Crippen molar-refractivity contribution in [2.45, 2.75) is 6.92 Å². The first-order chi connectivity index (χ1) is 11.1. The average Bonchev–Trinajstić information content (AvgIpc) is 2.60. The van der Waals surface area contributed by atoms with Crippen molar-refractivity contribution in [3.8, 4) is 0 Å². The average molecular weight is 325 g/mol. The molecule has 0 unspecified atom stereocenters. The second kappa shape index (κ2) is 8.19. The quantitative estimate of drug-likeness (QED) is 0.397. The van der Waals surface area contributed by atoms with Crippen LogP contribution in [0.4, 0.5) is 0 Å². The summed E-state index contributed by atoms with van der Waals surface area (Å²) >= 11 is 5.24. The van der Waals surface area contributed by atoms with Gasteiger partial charge in [0, 0.05) is 24.7 Å².